The minimum Gasteiger partial charge on any atom is -0.384 e. The maximum atomic E-state index is 13.7. The van der Waals surface area contributed by atoms with Crippen LogP contribution in [-0.2, 0) is 16.0 Å². The van der Waals surface area contributed by atoms with Gasteiger partial charge in [-0.2, -0.15) is 0 Å². The zero-order chi connectivity index (χ0) is 25.8. The molecule has 1 aliphatic heterocycles. The van der Waals surface area contributed by atoms with Gasteiger partial charge >= 0.3 is 6.03 Å². The third-order valence-corrected chi connectivity index (χ3v) is 7.52. The molecular weight excluding hydrogens is 456 g/mol. The van der Waals surface area contributed by atoms with Crippen molar-refractivity contribution in [3.05, 3.63) is 47.9 Å². The third-order valence-electron chi connectivity index (χ3n) is 7.52. The molecule has 1 aliphatic carbocycles. The largest absolute Gasteiger partial charge is 0.384 e. The Balaban J connectivity index is 1.57. The molecule has 2 aromatic heterocycles. The molecule has 192 valence electrons. The highest BCUT2D eigenvalue weighted by atomic mass is 16.2. The number of nitrogens with zero attached hydrogens (tertiary/aromatic N) is 4. The van der Waals surface area contributed by atoms with Gasteiger partial charge in [0, 0.05) is 36.9 Å². The molecule has 4 amide bonds. The molecule has 9 nitrogen and oxygen atoms in total. The lowest BCUT2D eigenvalue weighted by Gasteiger charge is -2.46. The van der Waals surface area contributed by atoms with Gasteiger partial charge in [-0.1, -0.05) is 26.2 Å². The Bertz CT molecular complexity index is 1080. The van der Waals surface area contributed by atoms with Crippen molar-refractivity contribution in [2.75, 3.05) is 17.7 Å². The van der Waals surface area contributed by atoms with Gasteiger partial charge in [0.15, 0.2) is 0 Å². The number of nitrogens with one attached hydrogen (secondary N) is 1. The van der Waals surface area contributed by atoms with Crippen LogP contribution >= 0.6 is 0 Å². The Kier molecular flexibility index (Phi) is 7.86. The number of carbonyl (C=O) groups excluding carboxylic acids is 3. The Labute approximate surface area is 212 Å². The maximum absolute atomic E-state index is 13.7. The van der Waals surface area contributed by atoms with Crippen molar-refractivity contribution in [1.82, 2.24) is 20.2 Å². The lowest BCUT2D eigenvalue weighted by atomic mass is 9.81. The standard InChI is InChI=1S/C27H36N6O3/c1-4-22(19-8-6-5-7-9-19)31-27(36)33-24(26(35)32(3)20-10-12-29-13-11-20)21(25(33)34)15-18-14-17(2)30-23(28)16-18/h10-14,16,19,21-22,24H,4-9,15H2,1-3H3,(H2,28,30)(H,31,36)/t21-,22?,24+/m1/s1. The van der Waals surface area contributed by atoms with Crippen molar-refractivity contribution in [2.45, 2.75) is 70.9 Å². The molecule has 0 bridgehead atoms. The van der Waals surface area contributed by atoms with Crippen LogP contribution in [0.4, 0.5) is 16.3 Å². The number of likely N-dealkylation sites (N-methyl/N-ethyl adjacent to an activating group) is 1. The van der Waals surface area contributed by atoms with Gasteiger partial charge in [0.25, 0.3) is 5.91 Å². The second-order valence-electron chi connectivity index (χ2n) is 9.97. The van der Waals surface area contributed by atoms with Crippen molar-refractivity contribution >= 4 is 29.4 Å². The predicted octanol–water partition coefficient (Wildman–Crippen LogP) is 3.47. The molecule has 0 spiro atoms. The van der Waals surface area contributed by atoms with Gasteiger partial charge in [0.1, 0.15) is 11.9 Å². The van der Waals surface area contributed by atoms with Crippen LogP contribution in [0.5, 0.6) is 0 Å². The zero-order valence-electron chi connectivity index (χ0n) is 21.3. The lowest BCUT2D eigenvalue weighted by molar-refractivity contribution is -0.156. The zero-order valence-corrected chi connectivity index (χ0v) is 21.3. The Morgan fingerprint density at radius 2 is 1.89 bits per heavy atom. The van der Waals surface area contributed by atoms with E-state index in [0.717, 1.165) is 48.3 Å². The number of imide groups is 1. The molecule has 4 rings (SSSR count). The van der Waals surface area contributed by atoms with Crippen molar-refractivity contribution in [1.29, 1.82) is 0 Å². The van der Waals surface area contributed by atoms with Crippen LogP contribution in [0.3, 0.4) is 0 Å². The highest BCUT2D eigenvalue weighted by molar-refractivity contribution is 6.12. The van der Waals surface area contributed by atoms with Gasteiger partial charge < -0.3 is 16.0 Å². The summed E-state index contributed by atoms with van der Waals surface area (Å²) in [7, 11) is 1.65. The maximum Gasteiger partial charge on any atom is 0.325 e. The van der Waals surface area contributed by atoms with E-state index in [1.54, 1.807) is 37.6 Å². The Morgan fingerprint density at radius 1 is 1.19 bits per heavy atom. The monoisotopic (exact) mass is 492 g/mol. The molecule has 1 saturated heterocycles. The van der Waals surface area contributed by atoms with Gasteiger partial charge in [-0.3, -0.25) is 19.5 Å². The fourth-order valence-electron chi connectivity index (χ4n) is 5.61. The van der Waals surface area contributed by atoms with E-state index in [2.05, 4.69) is 22.2 Å². The topological polar surface area (TPSA) is 122 Å². The van der Waals surface area contributed by atoms with Crippen LogP contribution in [0.1, 0.15) is 56.7 Å². The fraction of sp³-hybridized carbons (Fsp3) is 0.519. The summed E-state index contributed by atoms with van der Waals surface area (Å²) in [5.74, 6) is -0.563. The fourth-order valence-corrected chi connectivity index (χ4v) is 5.61. The number of carbonyl (C=O) groups is 3. The van der Waals surface area contributed by atoms with E-state index in [4.69, 9.17) is 5.73 Å². The third kappa shape index (κ3) is 5.34. The first-order chi connectivity index (χ1) is 17.3. The number of pyridine rings is 2. The first-order valence-electron chi connectivity index (χ1n) is 12.8. The molecule has 3 N–H and O–H groups in total. The first-order valence-corrected chi connectivity index (χ1v) is 12.8. The molecule has 3 atom stereocenters. The number of hydrogen-bond donors (Lipinski definition) is 2. The number of nitrogens with two attached hydrogens (primary N) is 1. The van der Waals surface area contributed by atoms with E-state index in [-0.39, 0.29) is 17.9 Å². The normalized spacial score (nSPS) is 21.0. The molecule has 0 aromatic carbocycles. The van der Waals surface area contributed by atoms with Crippen molar-refractivity contribution in [2.24, 2.45) is 11.8 Å². The smallest absolute Gasteiger partial charge is 0.325 e. The SMILES string of the molecule is CCC(NC(=O)N1C(=O)[C@H](Cc2cc(C)nc(N)c2)[C@H]1C(=O)N(C)c1ccncc1)C1CCCCC1. The van der Waals surface area contributed by atoms with Crippen LogP contribution in [0, 0.1) is 18.8 Å². The summed E-state index contributed by atoms with van der Waals surface area (Å²) in [6.07, 6.45) is 9.99. The average molecular weight is 493 g/mol. The molecule has 2 aromatic rings. The molecule has 3 heterocycles. The summed E-state index contributed by atoms with van der Waals surface area (Å²) in [4.78, 5) is 51.2. The number of β-lactam (4-membered cyclic amide) rings is 1. The number of aromatic nitrogens is 2. The summed E-state index contributed by atoms with van der Waals surface area (Å²) in [5.41, 5.74) is 8.11. The van der Waals surface area contributed by atoms with Gasteiger partial charge in [0.05, 0.1) is 5.92 Å². The van der Waals surface area contributed by atoms with E-state index in [1.165, 1.54) is 11.3 Å². The minimum atomic E-state index is -0.908. The van der Waals surface area contributed by atoms with Crippen LogP contribution in [0.15, 0.2) is 36.7 Å². The number of amides is 4. The number of urea groups is 1. The molecule has 1 unspecified atom stereocenters. The minimum absolute atomic E-state index is 0.0130. The average Bonchev–Trinajstić information content (AvgIpc) is 2.88. The van der Waals surface area contributed by atoms with Crippen molar-refractivity contribution in [3.63, 3.8) is 0 Å². The van der Waals surface area contributed by atoms with E-state index >= 15 is 0 Å². The van der Waals surface area contributed by atoms with E-state index in [9.17, 15) is 14.4 Å². The van der Waals surface area contributed by atoms with Crippen LogP contribution < -0.4 is 16.0 Å². The van der Waals surface area contributed by atoms with Crippen LogP contribution in [0.25, 0.3) is 0 Å². The number of likely N-dealkylation sites (tertiary alicyclic amines) is 1. The van der Waals surface area contributed by atoms with E-state index in [1.807, 2.05) is 13.0 Å². The van der Waals surface area contributed by atoms with Gasteiger partial charge in [-0.05, 0) is 68.4 Å². The summed E-state index contributed by atoms with van der Waals surface area (Å²) in [5, 5.41) is 3.09. The van der Waals surface area contributed by atoms with Crippen LogP contribution in [-0.4, -0.2) is 51.8 Å². The number of rotatable bonds is 7. The second kappa shape index (κ2) is 11.1. The van der Waals surface area contributed by atoms with E-state index < -0.39 is 18.0 Å². The first kappa shape index (κ1) is 25.6. The van der Waals surface area contributed by atoms with Crippen LogP contribution in [0.2, 0.25) is 0 Å². The predicted molar refractivity (Wildman–Crippen MR) is 138 cm³/mol. The van der Waals surface area contributed by atoms with Crippen molar-refractivity contribution in [3.8, 4) is 0 Å². The van der Waals surface area contributed by atoms with Crippen molar-refractivity contribution < 1.29 is 14.4 Å². The summed E-state index contributed by atoms with van der Waals surface area (Å²) >= 11 is 0. The second-order valence-corrected chi connectivity index (χ2v) is 9.97. The molecule has 2 aliphatic rings. The van der Waals surface area contributed by atoms with Gasteiger partial charge in [-0.25, -0.2) is 9.78 Å². The van der Waals surface area contributed by atoms with Gasteiger partial charge in [-0.15, -0.1) is 0 Å². The summed E-state index contributed by atoms with van der Waals surface area (Å²) in [6, 6.07) is 5.61. The Hall–Kier alpha value is -3.49. The number of hydrogen-bond acceptors (Lipinski definition) is 6. The Morgan fingerprint density at radius 3 is 2.53 bits per heavy atom. The molecule has 9 heteroatoms. The molecular formula is C27H36N6O3. The number of anilines is 2. The molecule has 2 fully saturated rings. The highest BCUT2D eigenvalue weighted by Crippen LogP contribution is 2.34. The highest BCUT2D eigenvalue weighted by Gasteiger charge is 2.55. The quantitative estimate of drug-likeness (QED) is 0.571. The number of nitrogen functional groups attached to an aromatic ring is 1. The number of aryl methyl sites for hydroxylation is 1. The molecule has 1 saturated carbocycles. The summed E-state index contributed by atoms with van der Waals surface area (Å²) < 4.78 is 0. The molecule has 0 radical (unpaired) electrons. The lowest BCUT2D eigenvalue weighted by Crippen LogP contribution is -2.71. The summed E-state index contributed by atoms with van der Waals surface area (Å²) in [6.45, 7) is 3.88. The molecule has 36 heavy (non-hydrogen) atoms. The van der Waals surface area contributed by atoms with E-state index in [0.29, 0.717) is 23.8 Å². The van der Waals surface area contributed by atoms with Gasteiger partial charge in [0.2, 0.25) is 5.91 Å².